The van der Waals surface area contributed by atoms with E-state index in [1.54, 1.807) is 0 Å². The lowest BCUT2D eigenvalue weighted by Crippen LogP contribution is -2.54. The minimum absolute atomic E-state index is 0. The van der Waals surface area contributed by atoms with Crippen LogP contribution in [0.3, 0.4) is 0 Å². The molecular formula is C19H28IN3O2. The Morgan fingerprint density at radius 2 is 2.08 bits per heavy atom. The summed E-state index contributed by atoms with van der Waals surface area (Å²) in [5, 5.41) is 3.57. The van der Waals surface area contributed by atoms with E-state index in [4.69, 9.17) is 9.47 Å². The van der Waals surface area contributed by atoms with Crippen LogP contribution in [-0.4, -0.2) is 63.0 Å². The minimum atomic E-state index is 0. The standard InChI is InChI=1S/C19H27N3O2.HI/c1-20-19(21-12-15-11-14-5-2-3-6-16(14)15)22-8-10-24-18(13-22)17-7-4-9-23-17;/h2-3,5-6,15,17-18H,4,7-13H2,1H3,(H,20,21);1H. The number of nitrogens with zero attached hydrogens (tertiary/aromatic N) is 2. The number of fused-ring (bicyclic) bond motifs is 1. The highest BCUT2D eigenvalue weighted by molar-refractivity contribution is 14.0. The number of nitrogens with one attached hydrogen (secondary N) is 1. The molecule has 1 N–H and O–H groups in total. The zero-order chi connectivity index (χ0) is 16.4. The summed E-state index contributed by atoms with van der Waals surface area (Å²) in [5.74, 6) is 1.60. The lowest BCUT2D eigenvalue weighted by Gasteiger charge is -2.38. The van der Waals surface area contributed by atoms with Gasteiger partial charge in [0.15, 0.2) is 5.96 Å². The van der Waals surface area contributed by atoms with Crippen LogP contribution in [0.4, 0.5) is 0 Å². The summed E-state index contributed by atoms with van der Waals surface area (Å²) in [6.45, 7) is 4.33. The first kappa shape index (κ1) is 18.9. The summed E-state index contributed by atoms with van der Waals surface area (Å²) in [5.41, 5.74) is 2.98. The van der Waals surface area contributed by atoms with E-state index in [2.05, 4.69) is 39.5 Å². The summed E-state index contributed by atoms with van der Waals surface area (Å²) in [6.07, 6.45) is 3.86. The van der Waals surface area contributed by atoms with Crippen LogP contribution in [0.1, 0.15) is 29.9 Å². The molecule has 1 aromatic carbocycles. The van der Waals surface area contributed by atoms with Crippen molar-refractivity contribution in [1.29, 1.82) is 0 Å². The van der Waals surface area contributed by atoms with Crippen LogP contribution in [0.25, 0.3) is 0 Å². The largest absolute Gasteiger partial charge is 0.375 e. The van der Waals surface area contributed by atoms with Gasteiger partial charge in [-0.3, -0.25) is 4.99 Å². The number of halogens is 1. The molecule has 3 atom stereocenters. The van der Waals surface area contributed by atoms with Crippen LogP contribution < -0.4 is 5.32 Å². The van der Waals surface area contributed by atoms with Crippen molar-refractivity contribution in [2.45, 2.75) is 37.4 Å². The number of hydrogen-bond donors (Lipinski definition) is 1. The summed E-state index contributed by atoms with van der Waals surface area (Å²) in [7, 11) is 1.87. The molecule has 6 heteroatoms. The third kappa shape index (κ3) is 4.11. The first-order valence-corrected chi connectivity index (χ1v) is 9.12. The van der Waals surface area contributed by atoms with Crippen molar-refractivity contribution >= 4 is 29.9 Å². The molecule has 1 aliphatic carbocycles. The van der Waals surface area contributed by atoms with Gasteiger partial charge in [0.2, 0.25) is 0 Å². The van der Waals surface area contributed by atoms with E-state index >= 15 is 0 Å². The molecule has 2 fully saturated rings. The van der Waals surface area contributed by atoms with Gasteiger partial charge in [-0.2, -0.15) is 0 Å². The van der Waals surface area contributed by atoms with Gasteiger partial charge in [-0.15, -0.1) is 24.0 Å². The van der Waals surface area contributed by atoms with E-state index in [1.165, 1.54) is 17.5 Å². The Bertz CT molecular complexity index is 604. The third-order valence-corrected chi connectivity index (χ3v) is 5.45. The number of benzene rings is 1. The lowest BCUT2D eigenvalue weighted by atomic mass is 9.78. The molecule has 25 heavy (non-hydrogen) atoms. The van der Waals surface area contributed by atoms with Crippen LogP contribution in [0.15, 0.2) is 29.3 Å². The molecule has 3 unspecified atom stereocenters. The van der Waals surface area contributed by atoms with Crippen LogP contribution in [0.5, 0.6) is 0 Å². The Hall–Kier alpha value is -0.860. The van der Waals surface area contributed by atoms with Crippen LogP contribution in [0.2, 0.25) is 0 Å². The highest BCUT2D eigenvalue weighted by Crippen LogP contribution is 2.34. The van der Waals surface area contributed by atoms with Gasteiger partial charge in [0, 0.05) is 39.2 Å². The maximum Gasteiger partial charge on any atom is 0.193 e. The molecule has 4 rings (SSSR count). The highest BCUT2D eigenvalue weighted by atomic mass is 127. The molecule has 0 bridgehead atoms. The maximum absolute atomic E-state index is 5.94. The van der Waals surface area contributed by atoms with Crippen LogP contribution in [-0.2, 0) is 15.9 Å². The second-order valence-electron chi connectivity index (χ2n) is 6.93. The van der Waals surface area contributed by atoms with Gasteiger partial charge < -0.3 is 19.7 Å². The molecule has 0 aromatic heterocycles. The summed E-state index contributed by atoms with van der Waals surface area (Å²) in [4.78, 5) is 6.81. The molecular weight excluding hydrogens is 429 g/mol. The minimum Gasteiger partial charge on any atom is -0.375 e. The molecule has 2 heterocycles. The van der Waals surface area contributed by atoms with Crippen molar-refractivity contribution in [3.8, 4) is 0 Å². The van der Waals surface area contributed by atoms with Gasteiger partial charge in [0.1, 0.15) is 6.10 Å². The fourth-order valence-corrected chi connectivity index (χ4v) is 4.08. The number of hydrogen-bond acceptors (Lipinski definition) is 3. The number of ether oxygens (including phenoxy) is 2. The normalized spacial score (nSPS) is 28.8. The van der Waals surface area contributed by atoms with Gasteiger partial charge in [-0.05, 0) is 30.4 Å². The second-order valence-corrected chi connectivity index (χ2v) is 6.93. The second kappa shape index (κ2) is 8.68. The highest BCUT2D eigenvalue weighted by Gasteiger charge is 2.32. The van der Waals surface area contributed by atoms with E-state index in [0.717, 1.165) is 51.6 Å². The summed E-state index contributed by atoms with van der Waals surface area (Å²) < 4.78 is 11.7. The molecule has 2 aliphatic heterocycles. The molecule has 2 saturated heterocycles. The monoisotopic (exact) mass is 457 g/mol. The average molecular weight is 457 g/mol. The molecule has 0 radical (unpaired) electrons. The van der Waals surface area contributed by atoms with E-state index in [0.29, 0.717) is 5.92 Å². The van der Waals surface area contributed by atoms with Crippen LogP contribution >= 0.6 is 24.0 Å². The SMILES string of the molecule is CN=C(NCC1Cc2ccccc21)N1CCOC(C2CCCO2)C1.I. The molecule has 0 spiro atoms. The Morgan fingerprint density at radius 3 is 2.84 bits per heavy atom. The summed E-state index contributed by atoms with van der Waals surface area (Å²) in [6, 6.07) is 8.74. The molecule has 3 aliphatic rings. The van der Waals surface area contributed by atoms with Crippen molar-refractivity contribution < 1.29 is 9.47 Å². The van der Waals surface area contributed by atoms with Gasteiger partial charge >= 0.3 is 0 Å². The van der Waals surface area contributed by atoms with E-state index in [-0.39, 0.29) is 36.2 Å². The van der Waals surface area contributed by atoms with Crippen LogP contribution in [0, 0.1) is 0 Å². The summed E-state index contributed by atoms with van der Waals surface area (Å²) >= 11 is 0. The number of rotatable bonds is 3. The Kier molecular flexibility index (Phi) is 6.57. The van der Waals surface area contributed by atoms with Gasteiger partial charge in [-0.1, -0.05) is 24.3 Å². The molecule has 0 amide bonds. The zero-order valence-electron chi connectivity index (χ0n) is 14.8. The molecule has 5 nitrogen and oxygen atoms in total. The lowest BCUT2D eigenvalue weighted by molar-refractivity contribution is -0.0817. The number of morpholine rings is 1. The Morgan fingerprint density at radius 1 is 1.24 bits per heavy atom. The zero-order valence-corrected chi connectivity index (χ0v) is 17.1. The van der Waals surface area contributed by atoms with Gasteiger partial charge in [0.05, 0.1) is 12.7 Å². The van der Waals surface area contributed by atoms with E-state index < -0.39 is 0 Å². The van der Waals surface area contributed by atoms with E-state index in [1.807, 2.05) is 7.05 Å². The Labute approximate surface area is 167 Å². The predicted octanol–water partition coefficient (Wildman–Crippen LogP) is 2.40. The van der Waals surface area contributed by atoms with Crippen molar-refractivity contribution in [2.24, 2.45) is 4.99 Å². The van der Waals surface area contributed by atoms with E-state index in [9.17, 15) is 0 Å². The quantitative estimate of drug-likeness (QED) is 0.430. The predicted molar refractivity (Wildman–Crippen MR) is 110 cm³/mol. The topological polar surface area (TPSA) is 46.1 Å². The fourth-order valence-electron chi connectivity index (χ4n) is 4.08. The van der Waals surface area contributed by atoms with Crippen molar-refractivity contribution in [3.63, 3.8) is 0 Å². The molecule has 138 valence electrons. The smallest absolute Gasteiger partial charge is 0.193 e. The third-order valence-electron chi connectivity index (χ3n) is 5.45. The Balaban J connectivity index is 0.00000182. The number of guanidine groups is 1. The van der Waals surface area contributed by atoms with Gasteiger partial charge in [0.25, 0.3) is 0 Å². The average Bonchev–Trinajstić information content (AvgIpc) is 3.14. The van der Waals surface area contributed by atoms with Crippen molar-refractivity contribution in [3.05, 3.63) is 35.4 Å². The molecule has 1 aromatic rings. The van der Waals surface area contributed by atoms with Crippen molar-refractivity contribution in [1.82, 2.24) is 10.2 Å². The van der Waals surface area contributed by atoms with Crippen molar-refractivity contribution in [2.75, 3.05) is 39.9 Å². The number of aliphatic imine (C=N–C) groups is 1. The maximum atomic E-state index is 5.94. The fraction of sp³-hybridized carbons (Fsp3) is 0.632. The first-order valence-electron chi connectivity index (χ1n) is 9.12. The molecule has 0 saturated carbocycles. The van der Waals surface area contributed by atoms with Gasteiger partial charge in [-0.25, -0.2) is 0 Å². The first-order chi connectivity index (χ1) is 11.8.